The molecule has 0 saturated heterocycles. The standard InChI is InChI=1S/C12H13ClN2O3S2/c1-7-5-11(15-18-7)14-12(16)8(2)20(17)6-9-3-4-10(13)19-9/h3-5,8H,6H2,1-2H3,(H,14,15,16)/t8-,20+/m0/s1. The molecule has 1 amide bonds. The Morgan fingerprint density at radius 1 is 1.60 bits per heavy atom. The van der Waals surface area contributed by atoms with E-state index >= 15 is 0 Å². The van der Waals surface area contributed by atoms with E-state index in [2.05, 4.69) is 10.5 Å². The van der Waals surface area contributed by atoms with E-state index in [0.717, 1.165) is 4.88 Å². The predicted octanol–water partition coefficient (Wildman–Crippen LogP) is 2.97. The van der Waals surface area contributed by atoms with E-state index < -0.39 is 16.0 Å². The van der Waals surface area contributed by atoms with Crippen LogP contribution in [0.4, 0.5) is 5.82 Å². The van der Waals surface area contributed by atoms with E-state index in [1.165, 1.54) is 11.3 Å². The first-order valence-electron chi connectivity index (χ1n) is 5.81. The van der Waals surface area contributed by atoms with Crippen LogP contribution in [0.25, 0.3) is 0 Å². The van der Waals surface area contributed by atoms with Crippen LogP contribution in [-0.4, -0.2) is 20.5 Å². The van der Waals surface area contributed by atoms with Crippen LogP contribution in [0.2, 0.25) is 4.34 Å². The van der Waals surface area contributed by atoms with Crippen molar-refractivity contribution in [1.82, 2.24) is 5.16 Å². The maximum atomic E-state index is 12.1. The van der Waals surface area contributed by atoms with Crippen molar-refractivity contribution >= 4 is 45.5 Å². The number of halogens is 1. The summed E-state index contributed by atoms with van der Waals surface area (Å²) in [4.78, 5) is 12.8. The molecule has 2 atom stereocenters. The van der Waals surface area contributed by atoms with E-state index in [4.69, 9.17) is 16.1 Å². The quantitative estimate of drug-likeness (QED) is 0.913. The fraction of sp³-hybridized carbons (Fsp3) is 0.333. The highest BCUT2D eigenvalue weighted by Gasteiger charge is 2.21. The molecule has 1 N–H and O–H groups in total. The largest absolute Gasteiger partial charge is 0.360 e. The maximum absolute atomic E-state index is 12.1. The zero-order chi connectivity index (χ0) is 14.7. The number of carbonyl (C=O) groups is 1. The molecule has 0 radical (unpaired) electrons. The third kappa shape index (κ3) is 3.91. The Bertz CT molecular complexity index is 584. The second kappa shape index (κ2) is 6.51. The SMILES string of the molecule is Cc1cc(NC(=O)[C@H](C)[S@](=O)Cc2ccc(Cl)s2)no1. The lowest BCUT2D eigenvalue weighted by atomic mass is 10.4. The van der Waals surface area contributed by atoms with Crippen molar-refractivity contribution in [3.05, 3.63) is 33.2 Å². The van der Waals surface area contributed by atoms with Crippen LogP contribution in [0.15, 0.2) is 22.7 Å². The average molecular weight is 333 g/mol. The van der Waals surface area contributed by atoms with Crippen LogP contribution in [0.5, 0.6) is 0 Å². The van der Waals surface area contributed by atoms with Gasteiger partial charge in [0, 0.05) is 21.7 Å². The van der Waals surface area contributed by atoms with Crippen LogP contribution >= 0.6 is 22.9 Å². The lowest BCUT2D eigenvalue weighted by Crippen LogP contribution is -2.29. The molecule has 0 aliphatic rings. The lowest BCUT2D eigenvalue weighted by Gasteiger charge is -2.09. The molecule has 0 spiro atoms. The molecule has 2 aromatic rings. The minimum atomic E-state index is -1.32. The van der Waals surface area contributed by atoms with Gasteiger partial charge in [0.25, 0.3) is 0 Å². The molecule has 5 nitrogen and oxygen atoms in total. The summed E-state index contributed by atoms with van der Waals surface area (Å²) in [6, 6.07) is 5.17. The number of amides is 1. The van der Waals surface area contributed by atoms with Crippen LogP contribution in [0, 0.1) is 6.92 Å². The molecule has 108 valence electrons. The molecule has 8 heteroatoms. The molecule has 0 aliphatic heterocycles. The first kappa shape index (κ1) is 15.2. The van der Waals surface area contributed by atoms with Crippen LogP contribution < -0.4 is 5.32 Å². The number of anilines is 1. The molecule has 0 unspecified atom stereocenters. The maximum Gasteiger partial charge on any atom is 0.241 e. The number of aryl methyl sites for hydroxylation is 1. The summed E-state index contributed by atoms with van der Waals surface area (Å²) in [5.41, 5.74) is 0. The zero-order valence-electron chi connectivity index (χ0n) is 10.9. The molecule has 0 bridgehead atoms. The van der Waals surface area contributed by atoms with Crippen molar-refractivity contribution in [3.8, 4) is 0 Å². The van der Waals surface area contributed by atoms with Gasteiger partial charge in [-0.3, -0.25) is 9.00 Å². The molecule has 0 aliphatic carbocycles. The summed E-state index contributed by atoms with van der Waals surface area (Å²) in [6.45, 7) is 3.35. The van der Waals surface area contributed by atoms with Gasteiger partial charge in [0.2, 0.25) is 5.91 Å². The van der Waals surface area contributed by atoms with Gasteiger partial charge in [0.1, 0.15) is 11.0 Å². The second-order valence-electron chi connectivity index (χ2n) is 4.19. The minimum absolute atomic E-state index is 0.309. The highest BCUT2D eigenvalue weighted by molar-refractivity contribution is 7.85. The number of hydrogen-bond acceptors (Lipinski definition) is 5. The number of rotatable bonds is 5. The summed E-state index contributed by atoms with van der Waals surface area (Å²) >= 11 is 7.18. The van der Waals surface area contributed by atoms with Crippen molar-refractivity contribution in [2.75, 3.05) is 5.32 Å². The zero-order valence-corrected chi connectivity index (χ0v) is 13.3. The van der Waals surface area contributed by atoms with Gasteiger partial charge in [-0.15, -0.1) is 11.3 Å². The highest BCUT2D eigenvalue weighted by atomic mass is 35.5. The van der Waals surface area contributed by atoms with Gasteiger partial charge in [-0.1, -0.05) is 16.8 Å². The van der Waals surface area contributed by atoms with E-state index in [1.54, 1.807) is 26.0 Å². The molecule has 2 heterocycles. The Kier molecular flexibility index (Phi) is 4.95. The topological polar surface area (TPSA) is 72.2 Å². The van der Waals surface area contributed by atoms with Crippen LogP contribution in [0.3, 0.4) is 0 Å². The van der Waals surface area contributed by atoms with E-state index in [-0.39, 0.29) is 5.91 Å². The van der Waals surface area contributed by atoms with Crippen LogP contribution in [0.1, 0.15) is 17.6 Å². The molecular weight excluding hydrogens is 320 g/mol. The Morgan fingerprint density at radius 2 is 2.35 bits per heavy atom. The van der Waals surface area contributed by atoms with Crippen molar-refractivity contribution in [2.45, 2.75) is 24.9 Å². The molecular formula is C12H13ClN2O3S2. The number of aromatic nitrogens is 1. The van der Waals surface area contributed by atoms with Gasteiger partial charge in [-0.25, -0.2) is 0 Å². The predicted molar refractivity (Wildman–Crippen MR) is 80.5 cm³/mol. The van der Waals surface area contributed by atoms with Crippen molar-refractivity contribution in [3.63, 3.8) is 0 Å². The number of nitrogens with zero attached hydrogens (tertiary/aromatic N) is 1. The average Bonchev–Trinajstić information content (AvgIpc) is 2.97. The normalized spacial score (nSPS) is 13.9. The van der Waals surface area contributed by atoms with Crippen molar-refractivity contribution < 1.29 is 13.5 Å². The number of nitrogens with one attached hydrogen (secondary N) is 1. The van der Waals surface area contributed by atoms with Gasteiger partial charge < -0.3 is 9.84 Å². The monoisotopic (exact) mass is 332 g/mol. The third-order valence-electron chi connectivity index (χ3n) is 2.56. The molecule has 20 heavy (non-hydrogen) atoms. The van der Waals surface area contributed by atoms with Gasteiger partial charge in [0.05, 0.1) is 10.1 Å². The Balaban J connectivity index is 1.94. The summed E-state index contributed by atoms with van der Waals surface area (Å²) < 4.78 is 17.6. The van der Waals surface area contributed by atoms with Gasteiger partial charge in [-0.05, 0) is 26.0 Å². The van der Waals surface area contributed by atoms with E-state index in [1.807, 2.05) is 6.07 Å². The fourth-order valence-corrected chi connectivity index (χ4v) is 3.86. The Morgan fingerprint density at radius 3 is 2.90 bits per heavy atom. The third-order valence-corrected chi connectivity index (χ3v) is 5.57. The summed E-state index contributed by atoms with van der Waals surface area (Å²) in [5, 5.41) is 5.59. The molecule has 0 fully saturated rings. The Hall–Kier alpha value is -1.18. The number of thiophene rings is 1. The smallest absolute Gasteiger partial charge is 0.241 e. The molecule has 2 rings (SSSR count). The van der Waals surface area contributed by atoms with E-state index in [9.17, 15) is 9.00 Å². The van der Waals surface area contributed by atoms with Crippen molar-refractivity contribution in [1.29, 1.82) is 0 Å². The Labute approximate surface area is 127 Å². The van der Waals surface area contributed by atoms with Crippen molar-refractivity contribution in [2.24, 2.45) is 0 Å². The summed E-state index contributed by atoms with van der Waals surface area (Å²) in [7, 11) is -1.32. The molecule has 0 aromatic carbocycles. The summed E-state index contributed by atoms with van der Waals surface area (Å²) in [6.07, 6.45) is 0. The van der Waals surface area contributed by atoms with Gasteiger partial charge in [-0.2, -0.15) is 0 Å². The van der Waals surface area contributed by atoms with Crippen LogP contribution in [-0.2, 0) is 21.3 Å². The highest BCUT2D eigenvalue weighted by Crippen LogP contribution is 2.23. The summed E-state index contributed by atoms with van der Waals surface area (Å²) in [5.74, 6) is 0.890. The second-order valence-corrected chi connectivity index (χ2v) is 7.74. The first-order valence-corrected chi connectivity index (χ1v) is 8.39. The fourth-order valence-electron chi connectivity index (χ4n) is 1.47. The van der Waals surface area contributed by atoms with Gasteiger partial charge in [0.15, 0.2) is 5.82 Å². The first-order chi connectivity index (χ1) is 9.45. The lowest BCUT2D eigenvalue weighted by molar-refractivity contribution is -0.115. The number of carbonyl (C=O) groups excluding carboxylic acids is 1. The number of hydrogen-bond donors (Lipinski definition) is 1. The van der Waals surface area contributed by atoms with Gasteiger partial charge >= 0.3 is 0 Å². The van der Waals surface area contributed by atoms with E-state index in [0.29, 0.717) is 21.7 Å². The minimum Gasteiger partial charge on any atom is -0.360 e. The molecule has 0 saturated carbocycles. The molecule has 2 aromatic heterocycles.